The first kappa shape index (κ1) is 13.4. The monoisotopic (exact) mass is 377 g/mol. The molecule has 1 heterocycles. The topological polar surface area (TPSA) is 29.9 Å². The number of fused-ring (bicyclic) bond motifs is 1. The van der Waals surface area contributed by atoms with Crippen molar-refractivity contribution in [2.24, 2.45) is 0 Å². The maximum absolute atomic E-state index is 4.72. The van der Waals surface area contributed by atoms with Gasteiger partial charge in [0.05, 0.1) is 17.6 Å². The lowest BCUT2D eigenvalue weighted by molar-refractivity contribution is 0.729. The fraction of sp³-hybridized carbons (Fsp3) is 0.188. The highest BCUT2D eigenvalue weighted by Gasteiger charge is 2.08. The lowest BCUT2D eigenvalue weighted by atomic mass is 10.3. The third-order valence-electron chi connectivity index (χ3n) is 3.34. The van der Waals surface area contributed by atoms with Crippen molar-refractivity contribution >= 4 is 39.3 Å². The molecule has 3 rings (SSSR count). The molecule has 0 unspecified atom stereocenters. The van der Waals surface area contributed by atoms with Crippen molar-refractivity contribution < 1.29 is 0 Å². The minimum atomic E-state index is 0.739. The molecule has 0 aliphatic heterocycles. The van der Waals surface area contributed by atoms with Crippen LogP contribution in [-0.2, 0) is 13.1 Å². The van der Waals surface area contributed by atoms with Gasteiger partial charge >= 0.3 is 0 Å². The van der Waals surface area contributed by atoms with Crippen LogP contribution in [0, 0.1) is 3.57 Å². The molecule has 0 bridgehead atoms. The van der Waals surface area contributed by atoms with E-state index < -0.39 is 0 Å². The van der Waals surface area contributed by atoms with Crippen LogP contribution in [0.15, 0.2) is 48.5 Å². The zero-order valence-corrected chi connectivity index (χ0v) is 13.5. The Balaban J connectivity index is 1.85. The molecule has 0 aliphatic carbocycles. The van der Waals surface area contributed by atoms with Crippen LogP contribution in [0.2, 0.25) is 0 Å². The summed E-state index contributed by atoms with van der Waals surface area (Å²) < 4.78 is 3.50. The Morgan fingerprint density at radius 2 is 1.85 bits per heavy atom. The lowest BCUT2D eigenvalue weighted by Gasteiger charge is -2.08. The predicted octanol–water partition coefficient (Wildman–Crippen LogP) is 4.27. The predicted molar refractivity (Wildman–Crippen MR) is 91.9 cm³/mol. The molecule has 3 nitrogen and oxygen atoms in total. The van der Waals surface area contributed by atoms with E-state index in [4.69, 9.17) is 4.98 Å². The summed E-state index contributed by atoms with van der Waals surface area (Å²) >= 11 is 2.31. The number of aryl methyl sites for hydroxylation is 1. The van der Waals surface area contributed by atoms with Crippen LogP contribution in [-0.4, -0.2) is 9.55 Å². The molecule has 4 heteroatoms. The van der Waals surface area contributed by atoms with Gasteiger partial charge in [0, 0.05) is 15.8 Å². The first-order valence-electron chi connectivity index (χ1n) is 6.71. The van der Waals surface area contributed by atoms with Crippen LogP contribution in [0.1, 0.15) is 12.7 Å². The third-order valence-corrected chi connectivity index (χ3v) is 4.06. The molecule has 1 aromatic heterocycles. The first-order chi connectivity index (χ1) is 9.78. The van der Waals surface area contributed by atoms with Crippen molar-refractivity contribution in [3.63, 3.8) is 0 Å². The molecule has 0 atom stereocenters. The second kappa shape index (κ2) is 5.83. The Bertz CT molecular complexity index is 716. The number of benzene rings is 2. The van der Waals surface area contributed by atoms with E-state index >= 15 is 0 Å². The zero-order chi connectivity index (χ0) is 13.9. The summed E-state index contributed by atoms with van der Waals surface area (Å²) in [5, 5.41) is 3.44. The summed E-state index contributed by atoms with van der Waals surface area (Å²) in [6, 6.07) is 16.7. The maximum Gasteiger partial charge on any atom is 0.129 e. The number of para-hydroxylation sites is 2. The van der Waals surface area contributed by atoms with Crippen LogP contribution >= 0.6 is 22.6 Å². The largest absolute Gasteiger partial charge is 0.378 e. The second-order valence-electron chi connectivity index (χ2n) is 4.62. The van der Waals surface area contributed by atoms with Crippen molar-refractivity contribution in [3.05, 3.63) is 57.9 Å². The van der Waals surface area contributed by atoms with Crippen molar-refractivity contribution in [2.75, 3.05) is 5.32 Å². The number of hydrogen-bond acceptors (Lipinski definition) is 2. The van der Waals surface area contributed by atoms with Crippen LogP contribution in [0.25, 0.3) is 11.0 Å². The van der Waals surface area contributed by atoms with Gasteiger partial charge in [-0.25, -0.2) is 4.98 Å². The van der Waals surface area contributed by atoms with Gasteiger partial charge in [-0.15, -0.1) is 0 Å². The average molecular weight is 377 g/mol. The van der Waals surface area contributed by atoms with Crippen LogP contribution in [0.4, 0.5) is 5.69 Å². The first-order valence-corrected chi connectivity index (χ1v) is 7.79. The van der Waals surface area contributed by atoms with Crippen molar-refractivity contribution in [1.29, 1.82) is 0 Å². The molecule has 102 valence electrons. The van der Waals surface area contributed by atoms with Crippen LogP contribution in [0.5, 0.6) is 0 Å². The molecule has 0 fully saturated rings. The molecule has 0 radical (unpaired) electrons. The highest BCUT2D eigenvalue weighted by Crippen LogP contribution is 2.17. The van der Waals surface area contributed by atoms with E-state index in [-0.39, 0.29) is 0 Å². The second-order valence-corrected chi connectivity index (χ2v) is 5.87. The van der Waals surface area contributed by atoms with E-state index in [9.17, 15) is 0 Å². The summed E-state index contributed by atoms with van der Waals surface area (Å²) in [6.07, 6.45) is 0. The zero-order valence-electron chi connectivity index (χ0n) is 11.3. The highest BCUT2D eigenvalue weighted by atomic mass is 127. The minimum Gasteiger partial charge on any atom is -0.378 e. The fourth-order valence-corrected chi connectivity index (χ4v) is 2.72. The molecule has 0 saturated heterocycles. The molecular formula is C16H16IN3. The number of imidazole rings is 1. The Morgan fingerprint density at radius 1 is 1.10 bits per heavy atom. The van der Waals surface area contributed by atoms with Crippen LogP contribution in [0.3, 0.4) is 0 Å². The van der Waals surface area contributed by atoms with E-state index in [1.54, 1.807) is 0 Å². The molecule has 0 amide bonds. The average Bonchev–Trinajstić information content (AvgIpc) is 2.84. The Morgan fingerprint density at radius 3 is 2.60 bits per heavy atom. The summed E-state index contributed by atoms with van der Waals surface area (Å²) in [5.74, 6) is 1.08. The molecule has 0 aliphatic rings. The van der Waals surface area contributed by atoms with E-state index in [0.29, 0.717) is 0 Å². The number of nitrogens with zero attached hydrogens (tertiary/aromatic N) is 2. The van der Waals surface area contributed by atoms with Gasteiger partial charge in [-0.2, -0.15) is 0 Å². The number of anilines is 1. The van der Waals surface area contributed by atoms with Gasteiger partial charge in [0.1, 0.15) is 5.82 Å². The normalized spacial score (nSPS) is 10.9. The molecule has 2 aromatic carbocycles. The Hall–Kier alpha value is -1.56. The summed E-state index contributed by atoms with van der Waals surface area (Å²) in [6.45, 7) is 3.83. The Labute approximate surface area is 132 Å². The number of hydrogen-bond donors (Lipinski definition) is 1. The van der Waals surface area contributed by atoms with Crippen molar-refractivity contribution in [2.45, 2.75) is 20.0 Å². The molecular weight excluding hydrogens is 361 g/mol. The highest BCUT2D eigenvalue weighted by molar-refractivity contribution is 14.1. The smallest absolute Gasteiger partial charge is 0.129 e. The van der Waals surface area contributed by atoms with E-state index in [1.165, 1.54) is 9.09 Å². The molecule has 0 spiro atoms. The summed E-state index contributed by atoms with van der Waals surface area (Å²) in [4.78, 5) is 4.72. The fourth-order valence-electron chi connectivity index (χ4n) is 2.36. The van der Waals surface area contributed by atoms with Gasteiger partial charge in [-0.1, -0.05) is 12.1 Å². The van der Waals surface area contributed by atoms with E-state index in [2.05, 4.69) is 81.9 Å². The molecule has 20 heavy (non-hydrogen) atoms. The Kier molecular flexibility index (Phi) is 3.91. The maximum atomic E-state index is 4.72. The number of nitrogens with one attached hydrogen (secondary N) is 1. The van der Waals surface area contributed by atoms with Crippen LogP contribution < -0.4 is 5.32 Å². The van der Waals surface area contributed by atoms with Gasteiger partial charge in [0.2, 0.25) is 0 Å². The summed E-state index contributed by atoms with van der Waals surface area (Å²) in [5.41, 5.74) is 3.39. The standard InChI is InChI=1S/C16H16IN3/c1-2-20-15-6-4-3-5-14(15)19-16(20)11-18-13-9-7-12(17)8-10-13/h3-10,18H,2,11H2,1H3. The number of halogens is 1. The van der Waals surface area contributed by atoms with Crippen molar-refractivity contribution in [3.8, 4) is 0 Å². The van der Waals surface area contributed by atoms with Gasteiger partial charge in [-0.05, 0) is 65.9 Å². The van der Waals surface area contributed by atoms with Gasteiger partial charge < -0.3 is 9.88 Å². The molecule has 1 N–H and O–H groups in total. The van der Waals surface area contributed by atoms with E-state index in [1.807, 2.05) is 6.07 Å². The quantitative estimate of drug-likeness (QED) is 0.689. The molecule has 3 aromatic rings. The SMILES string of the molecule is CCn1c(CNc2ccc(I)cc2)nc2ccccc21. The van der Waals surface area contributed by atoms with Gasteiger partial charge in [-0.3, -0.25) is 0 Å². The van der Waals surface area contributed by atoms with Crippen molar-refractivity contribution in [1.82, 2.24) is 9.55 Å². The van der Waals surface area contributed by atoms with E-state index in [0.717, 1.165) is 30.1 Å². The van der Waals surface area contributed by atoms with Gasteiger partial charge in [0.25, 0.3) is 0 Å². The molecule has 0 saturated carbocycles. The minimum absolute atomic E-state index is 0.739. The van der Waals surface area contributed by atoms with Gasteiger partial charge in [0.15, 0.2) is 0 Å². The lowest BCUT2D eigenvalue weighted by Crippen LogP contribution is -2.07. The third kappa shape index (κ3) is 2.65. The number of aromatic nitrogens is 2. The summed E-state index contributed by atoms with van der Waals surface area (Å²) in [7, 11) is 0. The number of rotatable bonds is 4.